The van der Waals surface area contributed by atoms with Gasteiger partial charge in [-0.1, -0.05) is 43.3 Å². The van der Waals surface area contributed by atoms with Crippen molar-refractivity contribution in [1.82, 2.24) is 35.6 Å². The number of ether oxygens (including phenoxy) is 2. The van der Waals surface area contributed by atoms with Crippen molar-refractivity contribution in [1.29, 1.82) is 0 Å². The number of para-hydroxylation sites is 1. The lowest BCUT2D eigenvalue weighted by molar-refractivity contribution is 0.0729. The average Bonchev–Trinajstić information content (AvgIpc) is 3.58. The first-order valence-electron chi connectivity index (χ1n) is 12.0. The molecular weight excluding hydrogens is 506 g/mol. The van der Waals surface area contributed by atoms with Crippen LogP contribution in [-0.4, -0.2) is 68.5 Å². The summed E-state index contributed by atoms with van der Waals surface area (Å²) in [5, 5.41) is 19.5. The summed E-state index contributed by atoms with van der Waals surface area (Å²) in [6.45, 7) is 5.74. The number of hydrogen-bond acceptors (Lipinski definition) is 12. The van der Waals surface area contributed by atoms with E-state index in [1.54, 1.807) is 48.5 Å². The number of nitrogens with two attached hydrogens (primary N) is 1. The fraction of sp³-hybridized carbons (Fsp3) is 0.240. The molecule has 0 radical (unpaired) electrons. The Hall–Kier alpha value is -5.11. The molecule has 0 atom stereocenters. The Bertz CT molecular complexity index is 1460. The smallest absolute Gasteiger partial charge is 0.343 e. The first-order chi connectivity index (χ1) is 19.0. The lowest BCUT2D eigenvalue weighted by Crippen LogP contribution is -2.27. The lowest BCUT2D eigenvalue weighted by Gasteiger charge is -2.18. The van der Waals surface area contributed by atoms with Crippen LogP contribution in [0.15, 0.2) is 58.3 Å². The van der Waals surface area contributed by atoms with Gasteiger partial charge in [-0.05, 0) is 47.7 Å². The van der Waals surface area contributed by atoms with Crippen molar-refractivity contribution in [2.75, 3.05) is 25.9 Å². The van der Waals surface area contributed by atoms with E-state index in [0.29, 0.717) is 42.2 Å². The van der Waals surface area contributed by atoms with Gasteiger partial charge in [-0.25, -0.2) is 14.8 Å². The number of carbonyl (C=O) groups excluding carboxylic acids is 2. The third-order valence-electron chi connectivity index (χ3n) is 5.75. The molecule has 0 saturated heterocycles. The molecule has 0 fully saturated rings. The van der Waals surface area contributed by atoms with E-state index < -0.39 is 11.9 Å². The number of nitrogens with one attached hydrogen (secondary N) is 1. The molecule has 0 bridgehead atoms. The fourth-order valence-corrected chi connectivity index (χ4v) is 3.63. The van der Waals surface area contributed by atoms with Crippen molar-refractivity contribution in [2.24, 2.45) is 5.10 Å². The zero-order valence-electron chi connectivity index (χ0n) is 21.6. The van der Waals surface area contributed by atoms with Gasteiger partial charge in [0.2, 0.25) is 11.6 Å². The number of aromatic nitrogens is 5. The van der Waals surface area contributed by atoms with Gasteiger partial charge < -0.3 is 15.2 Å². The number of anilines is 1. The van der Waals surface area contributed by atoms with E-state index in [2.05, 4.69) is 40.7 Å². The summed E-state index contributed by atoms with van der Waals surface area (Å²) in [7, 11) is 1.45. The molecule has 0 unspecified atom stereocenters. The molecule has 14 heteroatoms. The Morgan fingerprint density at radius 3 is 2.56 bits per heavy atom. The number of methoxy groups -OCH3 is 1. The molecule has 202 valence electrons. The summed E-state index contributed by atoms with van der Waals surface area (Å²) in [6.07, 6.45) is 1.34. The highest BCUT2D eigenvalue weighted by Crippen LogP contribution is 2.31. The Balaban J connectivity index is 1.58. The van der Waals surface area contributed by atoms with Crippen LogP contribution in [0.5, 0.6) is 11.5 Å². The molecule has 2 heterocycles. The molecular formula is C25H27N9O5. The van der Waals surface area contributed by atoms with Crippen LogP contribution in [0.25, 0.3) is 5.82 Å². The average molecular weight is 534 g/mol. The van der Waals surface area contributed by atoms with Crippen molar-refractivity contribution >= 4 is 23.9 Å². The highest BCUT2D eigenvalue weighted by molar-refractivity contribution is 5.96. The second-order valence-corrected chi connectivity index (χ2v) is 8.06. The second-order valence-electron chi connectivity index (χ2n) is 8.06. The SMILES string of the molecule is CCN(CC)Cc1c(C(=O)NN=Cc2cccc(OC)c2OC(=O)c2ccccc2)nnn1-c1nonc1N. The number of esters is 1. The maximum Gasteiger partial charge on any atom is 0.343 e. The van der Waals surface area contributed by atoms with Gasteiger partial charge in [0.1, 0.15) is 0 Å². The standard InChI is InChI=1S/C25H27N9O5/c1-4-33(5-2)15-18-20(28-32-34(18)23-22(26)30-39-31-23)24(35)29-27-14-17-12-9-13-19(37-3)21(17)38-25(36)16-10-7-6-8-11-16/h6-14H,4-5,15H2,1-3H3,(H2,26,30)(H,29,35). The second kappa shape index (κ2) is 12.4. The van der Waals surface area contributed by atoms with E-state index in [4.69, 9.17) is 15.2 Å². The van der Waals surface area contributed by atoms with Crippen LogP contribution in [-0.2, 0) is 6.54 Å². The summed E-state index contributed by atoms with van der Waals surface area (Å²) in [5.74, 6) is -0.611. The van der Waals surface area contributed by atoms with Gasteiger partial charge in [0.15, 0.2) is 17.2 Å². The largest absolute Gasteiger partial charge is 0.493 e. The van der Waals surface area contributed by atoms with Crippen molar-refractivity contribution in [3.05, 3.63) is 71.0 Å². The van der Waals surface area contributed by atoms with Gasteiger partial charge in [-0.2, -0.15) is 9.78 Å². The molecule has 4 rings (SSSR count). The van der Waals surface area contributed by atoms with Gasteiger partial charge in [0.05, 0.1) is 24.6 Å². The van der Waals surface area contributed by atoms with E-state index in [0.717, 1.165) is 0 Å². The van der Waals surface area contributed by atoms with Gasteiger partial charge in [0, 0.05) is 12.1 Å². The first kappa shape index (κ1) is 26.9. The lowest BCUT2D eigenvalue weighted by atomic mass is 10.2. The predicted octanol–water partition coefficient (Wildman–Crippen LogP) is 2.07. The molecule has 0 aliphatic heterocycles. The number of nitrogen functional groups attached to an aromatic ring is 1. The number of hydrogen-bond donors (Lipinski definition) is 2. The third kappa shape index (κ3) is 6.07. The zero-order valence-corrected chi connectivity index (χ0v) is 21.6. The quantitative estimate of drug-likeness (QED) is 0.125. The van der Waals surface area contributed by atoms with E-state index >= 15 is 0 Å². The van der Waals surface area contributed by atoms with E-state index in [-0.39, 0.29) is 23.1 Å². The van der Waals surface area contributed by atoms with Crippen LogP contribution in [0, 0.1) is 0 Å². The fourth-order valence-electron chi connectivity index (χ4n) is 3.63. The van der Waals surface area contributed by atoms with Crippen LogP contribution in [0.4, 0.5) is 5.82 Å². The van der Waals surface area contributed by atoms with Crippen molar-refractivity contribution in [3.8, 4) is 17.3 Å². The number of amides is 1. The molecule has 14 nitrogen and oxygen atoms in total. The molecule has 0 aliphatic rings. The molecule has 3 N–H and O–H groups in total. The van der Waals surface area contributed by atoms with E-state index in [9.17, 15) is 9.59 Å². The highest BCUT2D eigenvalue weighted by atomic mass is 16.6. The Labute approximate surface area is 223 Å². The van der Waals surface area contributed by atoms with Crippen LogP contribution in [0.1, 0.15) is 46.0 Å². The molecule has 39 heavy (non-hydrogen) atoms. The summed E-state index contributed by atoms with van der Waals surface area (Å²) < 4.78 is 17.0. The number of nitrogens with zero attached hydrogens (tertiary/aromatic N) is 7. The first-order valence-corrected chi connectivity index (χ1v) is 12.0. The van der Waals surface area contributed by atoms with Crippen LogP contribution >= 0.6 is 0 Å². The Morgan fingerprint density at radius 1 is 1.13 bits per heavy atom. The van der Waals surface area contributed by atoms with Crippen molar-refractivity contribution in [3.63, 3.8) is 0 Å². The summed E-state index contributed by atoms with van der Waals surface area (Å²) >= 11 is 0. The summed E-state index contributed by atoms with van der Waals surface area (Å²) in [6, 6.07) is 13.5. The topological polar surface area (TPSA) is 176 Å². The minimum atomic E-state index is -0.625. The van der Waals surface area contributed by atoms with Gasteiger partial charge in [0.25, 0.3) is 5.91 Å². The molecule has 1 amide bonds. The van der Waals surface area contributed by atoms with Gasteiger partial charge in [-0.3, -0.25) is 9.69 Å². The van der Waals surface area contributed by atoms with Crippen LogP contribution in [0.3, 0.4) is 0 Å². The van der Waals surface area contributed by atoms with Crippen LogP contribution < -0.4 is 20.6 Å². The van der Waals surface area contributed by atoms with E-state index in [1.807, 2.05) is 13.8 Å². The maximum absolute atomic E-state index is 13.1. The highest BCUT2D eigenvalue weighted by Gasteiger charge is 2.25. The maximum atomic E-state index is 13.1. The molecule has 2 aromatic heterocycles. The van der Waals surface area contributed by atoms with Gasteiger partial charge in [-0.15, -0.1) is 5.10 Å². The van der Waals surface area contributed by atoms with Crippen LogP contribution in [0.2, 0.25) is 0 Å². The normalized spacial score (nSPS) is 11.2. The molecule has 0 spiro atoms. The number of carbonyl (C=O) groups is 2. The predicted molar refractivity (Wildman–Crippen MR) is 140 cm³/mol. The number of rotatable bonds is 11. The Kier molecular flexibility index (Phi) is 8.58. The molecule has 0 aliphatic carbocycles. The number of benzene rings is 2. The minimum Gasteiger partial charge on any atom is -0.493 e. The van der Waals surface area contributed by atoms with Gasteiger partial charge >= 0.3 is 5.97 Å². The third-order valence-corrected chi connectivity index (χ3v) is 5.75. The van der Waals surface area contributed by atoms with Crippen molar-refractivity contribution in [2.45, 2.75) is 20.4 Å². The van der Waals surface area contributed by atoms with E-state index in [1.165, 1.54) is 18.0 Å². The summed E-state index contributed by atoms with van der Waals surface area (Å²) in [5.41, 5.74) is 9.48. The molecule has 4 aromatic rings. The number of hydrazone groups is 1. The summed E-state index contributed by atoms with van der Waals surface area (Å²) in [4.78, 5) is 27.8. The zero-order chi connectivity index (χ0) is 27.8. The molecule has 2 aromatic carbocycles. The minimum absolute atomic E-state index is 0.00119. The Morgan fingerprint density at radius 2 is 1.90 bits per heavy atom. The monoisotopic (exact) mass is 533 g/mol. The molecule has 0 saturated carbocycles. The van der Waals surface area contributed by atoms with Crippen molar-refractivity contribution < 1.29 is 23.7 Å².